The van der Waals surface area contributed by atoms with Gasteiger partial charge in [-0.25, -0.2) is 0 Å². The summed E-state index contributed by atoms with van der Waals surface area (Å²) in [5, 5.41) is 2.31. The Kier molecular flexibility index (Phi) is 2.88. The van der Waals surface area contributed by atoms with Gasteiger partial charge in [0.2, 0.25) is 11.8 Å². The van der Waals surface area contributed by atoms with Crippen molar-refractivity contribution in [2.45, 2.75) is 20.8 Å². The zero-order valence-electron chi connectivity index (χ0n) is 10.3. The monoisotopic (exact) mass is 232 g/mol. The maximum absolute atomic E-state index is 11.4. The van der Waals surface area contributed by atoms with Gasteiger partial charge >= 0.3 is 0 Å². The van der Waals surface area contributed by atoms with Crippen LogP contribution in [0.5, 0.6) is 0 Å². The molecule has 17 heavy (non-hydrogen) atoms. The molecule has 1 fully saturated rings. The molecule has 0 saturated carbocycles. The van der Waals surface area contributed by atoms with Crippen LogP contribution in [-0.2, 0) is 9.59 Å². The van der Waals surface area contributed by atoms with Crippen molar-refractivity contribution in [1.29, 1.82) is 0 Å². The molecule has 1 aromatic carbocycles. The molecule has 2 amide bonds. The van der Waals surface area contributed by atoms with E-state index < -0.39 is 0 Å². The highest BCUT2D eigenvalue weighted by Crippen LogP contribution is 2.26. The van der Waals surface area contributed by atoms with Crippen molar-refractivity contribution < 1.29 is 9.59 Å². The van der Waals surface area contributed by atoms with E-state index in [0.29, 0.717) is 0 Å². The Bertz CT molecular complexity index is 455. The first-order valence-electron chi connectivity index (χ1n) is 5.63. The Hall–Kier alpha value is -1.84. The second-order valence-electron chi connectivity index (χ2n) is 4.57. The predicted molar refractivity (Wildman–Crippen MR) is 66.0 cm³/mol. The number of carbonyl (C=O) groups excluding carboxylic acids is 2. The molecule has 2 rings (SSSR count). The first-order valence-corrected chi connectivity index (χ1v) is 5.63. The van der Waals surface area contributed by atoms with Crippen molar-refractivity contribution in [3.63, 3.8) is 0 Å². The van der Waals surface area contributed by atoms with Crippen LogP contribution >= 0.6 is 0 Å². The molecular weight excluding hydrogens is 216 g/mol. The van der Waals surface area contributed by atoms with Crippen molar-refractivity contribution in [3.8, 4) is 0 Å². The fourth-order valence-corrected chi connectivity index (χ4v) is 2.47. The van der Waals surface area contributed by atoms with Crippen LogP contribution in [0.4, 0.5) is 5.69 Å². The van der Waals surface area contributed by atoms with Crippen LogP contribution in [0.1, 0.15) is 16.7 Å². The lowest BCUT2D eigenvalue weighted by molar-refractivity contribution is -0.130. The van der Waals surface area contributed by atoms with Crippen LogP contribution in [0.2, 0.25) is 0 Å². The lowest BCUT2D eigenvalue weighted by Gasteiger charge is -2.30. The topological polar surface area (TPSA) is 49.4 Å². The largest absolute Gasteiger partial charge is 0.352 e. The number of rotatable bonds is 1. The summed E-state index contributed by atoms with van der Waals surface area (Å²) in [4.78, 5) is 24.6. The second kappa shape index (κ2) is 4.20. The van der Waals surface area contributed by atoms with Gasteiger partial charge in [-0.2, -0.15) is 0 Å². The minimum atomic E-state index is -0.236. The molecule has 0 bridgehead atoms. The molecule has 0 aromatic heterocycles. The van der Waals surface area contributed by atoms with Crippen LogP contribution in [0.25, 0.3) is 0 Å². The van der Waals surface area contributed by atoms with Gasteiger partial charge in [0.05, 0.1) is 13.1 Å². The van der Waals surface area contributed by atoms with Gasteiger partial charge in [0.1, 0.15) is 0 Å². The third-order valence-electron chi connectivity index (χ3n) is 2.90. The van der Waals surface area contributed by atoms with Gasteiger partial charge in [-0.05, 0) is 31.9 Å². The summed E-state index contributed by atoms with van der Waals surface area (Å²) in [6.45, 7) is 6.55. The van der Waals surface area contributed by atoms with E-state index in [0.717, 1.165) is 16.8 Å². The van der Waals surface area contributed by atoms with E-state index in [1.807, 2.05) is 25.7 Å². The average molecular weight is 232 g/mol. The predicted octanol–water partition coefficient (Wildman–Crippen LogP) is 1.07. The molecule has 0 radical (unpaired) electrons. The molecule has 0 atom stereocenters. The van der Waals surface area contributed by atoms with Crippen LogP contribution in [0.15, 0.2) is 12.1 Å². The number of nitrogens with one attached hydrogen (secondary N) is 1. The molecule has 90 valence electrons. The molecule has 0 aliphatic carbocycles. The standard InChI is InChI=1S/C13H16N2O2/c1-8-4-9(2)13(10(3)5-8)15-6-11(16)14-12(17)7-15/h4-5H,6-7H2,1-3H3,(H,14,16,17). The Morgan fingerprint density at radius 1 is 1.00 bits per heavy atom. The molecule has 0 spiro atoms. The molecular formula is C13H16N2O2. The minimum Gasteiger partial charge on any atom is -0.352 e. The number of anilines is 1. The third-order valence-corrected chi connectivity index (χ3v) is 2.90. The molecule has 1 N–H and O–H groups in total. The Balaban J connectivity index is 2.40. The summed E-state index contributed by atoms with van der Waals surface area (Å²) in [5.41, 5.74) is 4.39. The quantitative estimate of drug-likeness (QED) is 0.737. The zero-order chi connectivity index (χ0) is 12.6. The van der Waals surface area contributed by atoms with E-state index in [2.05, 4.69) is 17.4 Å². The van der Waals surface area contributed by atoms with E-state index >= 15 is 0 Å². The first kappa shape index (κ1) is 11.6. The summed E-state index contributed by atoms with van der Waals surface area (Å²) >= 11 is 0. The maximum Gasteiger partial charge on any atom is 0.246 e. The van der Waals surface area contributed by atoms with Crippen molar-refractivity contribution in [2.24, 2.45) is 0 Å². The van der Waals surface area contributed by atoms with Crippen LogP contribution in [0.3, 0.4) is 0 Å². The number of hydrogen-bond acceptors (Lipinski definition) is 3. The molecule has 1 aromatic rings. The molecule has 1 heterocycles. The molecule has 1 aliphatic heterocycles. The maximum atomic E-state index is 11.4. The smallest absolute Gasteiger partial charge is 0.246 e. The number of nitrogens with zero attached hydrogens (tertiary/aromatic N) is 1. The highest BCUT2D eigenvalue weighted by Gasteiger charge is 2.24. The Morgan fingerprint density at radius 3 is 1.94 bits per heavy atom. The van der Waals surface area contributed by atoms with Gasteiger partial charge in [0.15, 0.2) is 0 Å². The lowest BCUT2D eigenvalue weighted by atomic mass is 10.0. The van der Waals surface area contributed by atoms with E-state index in [1.165, 1.54) is 5.56 Å². The average Bonchev–Trinajstić information content (AvgIpc) is 2.13. The Labute approximate surface area is 101 Å². The summed E-state index contributed by atoms with van der Waals surface area (Å²) in [5.74, 6) is -0.471. The highest BCUT2D eigenvalue weighted by atomic mass is 16.2. The third kappa shape index (κ3) is 2.30. The Morgan fingerprint density at radius 2 is 1.47 bits per heavy atom. The summed E-state index contributed by atoms with van der Waals surface area (Å²) in [7, 11) is 0. The normalized spacial score (nSPS) is 16.1. The van der Waals surface area contributed by atoms with Crippen molar-refractivity contribution in [1.82, 2.24) is 5.32 Å². The SMILES string of the molecule is Cc1cc(C)c(N2CC(=O)NC(=O)C2)c(C)c1. The van der Waals surface area contributed by atoms with E-state index in [4.69, 9.17) is 0 Å². The second-order valence-corrected chi connectivity index (χ2v) is 4.57. The van der Waals surface area contributed by atoms with Crippen LogP contribution < -0.4 is 10.2 Å². The summed E-state index contributed by atoms with van der Waals surface area (Å²) < 4.78 is 0. The van der Waals surface area contributed by atoms with E-state index in [1.54, 1.807) is 0 Å². The fourth-order valence-electron chi connectivity index (χ4n) is 2.47. The van der Waals surface area contributed by atoms with Gasteiger partial charge in [-0.3, -0.25) is 14.9 Å². The number of imide groups is 1. The van der Waals surface area contributed by atoms with Crippen molar-refractivity contribution in [3.05, 3.63) is 28.8 Å². The van der Waals surface area contributed by atoms with Gasteiger partial charge in [-0.15, -0.1) is 0 Å². The van der Waals surface area contributed by atoms with Gasteiger partial charge in [0.25, 0.3) is 0 Å². The molecule has 4 heteroatoms. The van der Waals surface area contributed by atoms with Crippen molar-refractivity contribution in [2.75, 3.05) is 18.0 Å². The van der Waals surface area contributed by atoms with E-state index in [9.17, 15) is 9.59 Å². The summed E-state index contributed by atoms with van der Waals surface area (Å²) in [6, 6.07) is 4.14. The highest BCUT2D eigenvalue weighted by molar-refractivity contribution is 6.03. The van der Waals surface area contributed by atoms with Crippen LogP contribution in [0, 0.1) is 20.8 Å². The zero-order valence-corrected chi connectivity index (χ0v) is 10.3. The van der Waals surface area contributed by atoms with Gasteiger partial charge in [0, 0.05) is 5.69 Å². The number of carbonyl (C=O) groups is 2. The molecule has 0 unspecified atom stereocenters. The first-order chi connectivity index (χ1) is 7.97. The number of amides is 2. The number of aryl methyl sites for hydroxylation is 3. The fraction of sp³-hybridized carbons (Fsp3) is 0.385. The van der Waals surface area contributed by atoms with Gasteiger partial charge < -0.3 is 4.90 Å². The van der Waals surface area contributed by atoms with Crippen molar-refractivity contribution >= 4 is 17.5 Å². The lowest BCUT2D eigenvalue weighted by Crippen LogP contribution is -2.51. The molecule has 1 aliphatic rings. The number of piperazine rings is 1. The molecule has 4 nitrogen and oxygen atoms in total. The number of benzene rings is 1. The van der Waals surface area contributed by atoms with Gasteiger partial charge in [-0.1, -0.05) is 17.7 Å². The number of hydrogen-bond donors (Lipinski definition) is 1. The molecule has 1 saturated heterocycles. The summed E-state index contributed by atoms with van der Waals surface area (Å²) in [6.07, 6.45) is 0. The van der Waals surface area contributed by atoms with E-state index in [-0.39, 0.29) is 24.9 Å². The van der Waals surface area contributed by atoms with Crippen LogP contribution in [-0.4, -0.2) is 24.9 Å². The minimum absolute atomic E-state index is 0.236.